The average molecular weight is 224 g/mol. The van der Waals surface area contributed by atoms with Crippen LogP contribution in [0.5, 0.6) is 0 Å². The van der Waals surface area contributed by atoms with Crippen LogP contribution in [0.3, 0.4) is 0 Å². The lowest BCUT2D eigenvalue weighted by Crippen LogP contribution is -1.97. The number of rotatable bonds is 1. The first-order chi connectivity index (χ1) is 8.24. The molecule has 3 rings (SSSR count). The van der Waals surface area contributed by atoms with E-state index in [1.165, 1.54) is 5.56 Å². The fraction of sp³-hybridized carbons (Fsp3) is 0.214. The number of Topliss-reactive ketones (excluding diaryl/α,β-unsaturated/α-hetero) is 1. The second kappa shape index (κ2) is 3.77. The molecule has 0 saturated heterocycles. The highest BCUT2D eigenvalue weighted by Crippen LogP contribution is 2.23. The van der Waals surface area contributed by atoms with Crippen molar-refractivity contribution in [2.75, 3.05) is 0 Å². The van der Waals surface area contributed by atoms with E-state index in [1.54, 1.807) is 6.20 Å². The van der Waals surface area contributed by atoms with E-state index >= 15 is 0 Å². The van der Waals surface area contributed by atoms with Gasteiger partial charge in [-0.1, -0.05) is 23.8 Å². The summed E-state index contributed by atoms with van der Waals surface area (Å²) in [4.78, 5) is 20.3. The Balaban J connectivity index is 2.09. The first kappa shape index (κ1) is 10.1. The Morgan fingerprint density at radius 3 is 2.94 bits per heavy atom. The number of hydrogen-bond donors (Lipinski definition) is 0. The number of carbonyl (C=O) groups is 1. The van der Waals surface area contributed by atoms with Crippen molar-refractivity contribution < 1.29 is 4.79 Å². The smallest absolute Gasteiger partial charge is 0.166 e. The van der Waals surface area contributed by atoms with E-state index in [4.69, 9.17) is 0 Å². The van der Waals surface area contributed by atoms with Gasteiger partial charge in [0.25, 0.3) is 0 Å². The predicted molar refractivity (Wildman–Crippen MR) is 64.9 cm³/mol. The summed E-state index contributed by atoms with van der Waals surface area (Å²) in [7, 11) is 0. The highest BCUT2D eigenvalue weighted by molar-refractivity contribution is 5.99. The zero-order chi connectivity index (χ0) is 11.8. The third-order valence-corrected chi connectivity index (χ3v) is 3.03. The second-order valence-electron chi connectivity index (χ2n) is 4.35. The summed E-state index contributed by atoms with van der Waals surface area (Å²) in [5.74, 6) is 0.873. The molecule has 1 heterocycles. The maximum absolute atomic E-state index is 11.5. The van der Waals surface area contributed by atoms with E-state index in [0.717, 1.165) is 17.7 Å². The van der Waals surface area contributed by atoms with E-state index in [2.05, 4.69) is 16.0 Å². The molecular formula is C14H12N2O. The summed E-state index contributed by atoms with van der Waals surface area (Å²) in [5, 5.41) is 0. The first-order valence-electron chi connectivity index (χ1n) is 5.70. The van der Waals surface area contributed by atoms with Gasteiger partial charge in [0.2, 0.25) is 0 Å². The summed E-state index contributed by atoms with van der Waals surface area (Å²) in [6, 6.07) is 8.08. The van der Waals surface area contributed by atoms with E-state index in [1.807, 2.05) is 25.1 Å². The van der Waals surface area contributed by atoms with Gasteiger partial charge in [-0.25, -0.2) is 9.97 Å². The van der Waals surface area contributed by atoms with Crippen molar-refractivity contribution in [1.29, 1.82) is 0 Å². The van der Waals surface area contributed by atoms with Crippen molar-refractivity contribution in [3.8, 4) is 11.4 Å². The van der Waals surface area contributed by atoms with Gasteiger partial charge >= 0.3 is 0 Å². The fourth-order valence-corrected chi connectivity index (χ4v) is 2.13. The molecule has 0 aliphatic heterocycles. The van der Waals surface area contributed by atoms with Gasteiger partial charge in [-0.15, -0.1) is 0 Å². The van der Waals surface area contributed by atoms with Crippen LogP contribution in [0.15, 0.2) is 30.5 Å². The summed E-state index contributed by atoms with van der Waals surface area (Å²) in [6.07, 6.45) is 2.98. The molecule has 3 heteroatoms. The van der Waals surface area contributed by atoms with Gasteiger partial charge in [0, 0.05) is 18.2 Å². The van der Waals surface area contributed by atoms with Gasteiger partial charge in [0.05, 0.1) is 11.3 Å². The molecule has 84 valence electrons. The molecule has 1 aliphatic rings. The third kappa shape index (κ3) is 1.73. The number of hydrogen-bond acceptors (Lipinski definition) is 3. The standard InChI is InChI=1S/C14H12N2O/c1-9-3-2-4-10(7-9)14-15-8-11-12(16-14)5-6-13(11)17/h2-4,7-8H,5-6H2,1H3. The molecule has 0 N–H and O–H groups in total. The minimum absolute atomic E-state index is 0.163. The van der Waals surface area contributed by atoms with Crippen molar-refractivity contribution in [2.24, 2.45) is 0 Å². The lowest BCUT2D eigenvalue weighted by molar-refractivity contribution is 0.0994. The summed E-state index contributed by atoms with van der Waals surface area (Å²) in [6.45, 7) is 2.04. The molecule has 0 radical (unpaired) electrons. The number of benzene rings is 1. The van der Waals surface area contributed by atoms with Gasteiger partial charge in [0.1, 0.15) is 0 Å². The highest BCUT2D eigenvalue weighted by atomic mass is 16.1. The summed E-state index contributed by atoms with van der Waals surface area (Å²) in [5.41, 5.74) is 3.78. The normalized spacial score (nSPS) is 13.8. The molecule has 1 aromatic heterocycles. The van der Waals surface area contributed by atoms with Crippen LogP contribution in [-0.2, 0) is 6.42 Å². The molecule has 0 saturated carbocycles. The highest BCUT2D eigenvalue weighted by Gasteiger charge is 2.21. The van der Waals surface area contributed by atoms with Gasteiger partial charge in [-0.2, -0.15) is 0 Å². The van der Waals surface area contributed by atoms with Crippen LogP contribution >= 0.6 is 0 Å². The lowest BCUT2D eigenvalue weighted by Gasteiger charge is -2.03. The van der Waals surface area contributed by atoms with Crippen molar-refractivity contribution >= 4 is 5.78 Å². The van der Waals surface area contributed by atoms with Crippen LogP contribution in [0.1, 0.15) is 28.0 Å². The van der Waals surface area contributed by atoms with Crippen LogP contribution in [0.25, 0.3) is 11.4 Å². The maximum atomic E-state index is 11.5. The molecule has 1 aromatic carbocycles. The Morgan fingerprint density at radius 2 is 2.12 bits per heavy atom. The van der Waals surface area contributed by atoms with Gasteiger partial charge in [-0.3, -0.25) is 4.79 Å². The van der Waals surface area contributed by atoms with E-state index in [9.17, 15) is 4.79 Å². The van der Waals surface area contributed by atoms with Gasteiger partial charge in [-0.05, 0) is 19.4 Å². The third-order valence-electron chi connectivity index (χ3n) is 3.03. The van der Waals surface area contributed by atoms with E-state index in [0.29, 0.717) is 17.8 Å². The molecule has 3 nitrogen and oxygen atoms in total. The van der Waals surface area contributed by atoms with Crippen molar-refractivity contribution in [3.05, 3.63) is 47.3 Å². The Morgan fingerprint density at radius 1 is 1.24 bits per heavy atom. The van der Waals surface area contributed by atoms with Crippen LogP contribution in [0.2, 0.25) is 0 Å². The Kier molecular flexibility index (Phi) is 2.25. The number of fused-ring (bicyclic) bond motifs is 1. The molecule has 1 aliphatic carbocycles. The van der Waals surface area contributed by atoms with Gasteiger partial charge in [0.15, 0.2) is 11.6 Å². The Hall–Kier alpha value is -2.03. The maximum Gasteiger partial charge on any atom is 0.166 e. The quantitative estimate of drug-likeness (QED) is 0.747. The fourth-order valence-electron chi connectivity index (χ4n) is 2.13. The summed E-state index contributed by atoms with van der Waals surface area (Å²) >= 11 is 0. The van der Waals surface area contributed by atoms with E-state index < -0.39 is 0 Å². The van der Waals surface area contributed by atoms with Crippen LogP contribution < -0.4 is 0 Å². The molecular weight excluding hydrogens is 212 g/mol. The van der Waals surface area contributed by atoms with E-state index in [-0.39, 0.29) is 5.78 Å². The SMILES string of the molecule is Cc1cccc(-c2ncc3c(n2)CCC3=O)c1. The van der Waals surface area contributed by atoms with Crippen molar-refractivity contribution in [1.82, 2.24) is 9.97 Å². The molecule has 0 spiro atoms. The predicted octanol–water partition coefficient (Wildman–Crippen LogP) is 2.58. The second-order valence-corrected chi connectivity index (χ2v) is 4.35. The zero-order valence-electron chi connectivity index (χ0n) is 9.60. The molecule has 17 heavy (non-hydrogen) atoms. The number of aryl methyl sites for hydroxylation is 2. The topological polar surface area (TPSA) is 42.9 Å². The molecule has 0 unspecified atom stereocenters. The van der Waals surface area contributed by atoms with Gasteiger partial charge < -0.3 is 0 Å². The number of nitrogens with zero attached hydrogens (tertiary/aromatic N) is 2. The summed E-state index contributed by atoms with van der Waals surface area (Å²) < 4.78 is 0. The number of carbonyl (C=O) groups excluding carboxylic acids is 1. The molecule has 0 atom stereocenters. The first-order valence-corrected chi connectivity index (χ1v) is 5.70. The van der Waals surface area contributed by atoms with Crippen LogP contribution in [0.4, 0.5) is 0 Å². The zero-order valence-corrected chi connectivity index (χ0v) is 9.60. The van der Waals surface area contributed by atoms with Crippen LogP contribution in [0, 0.1) is 6.92 Å². The minimum atomic E-state index is 0.163. The molecule has 0 amide bonds. The Bertz CT molecular complexity index is 605. The molecule has 0 fully saturated rings. The number of ketones is 1. The lowest BCUT2D eigenvalue weighted by atomic mass is 10.1. The molecule has 2 aromatic rings. The molecule has 0 bridgehead atoms. The largest absolute Gasteiger partial charge is 0.294 e. The average Bonchev–Trinajstić information content (AvgIpc) is 2.71. The van der Waals surface area contributed by atoms with Crippen LogP contribution in [-0.4, -0.2) is 15.8 Å². The van der Waals surface area contributed by atoms with Crippen molar-refractivity contribution in [3.63, 3.8) is 0 Å². The number of aromatic nitrogens is 2. The van der Waals surface area contributed by atoms with Crippen molar-refractivity contribution in [2.45, 2.75) is 19.8 Å². The minimum Gasteiger partial charge on any atom is -0.294 e. The Labute approximate surface area is 99.5 Å². The monoisotopic (exact) mass is 224 g/mol.